The van der Waals surface area contributed by atoms with Gasteiger partial charge >= 0.3 is 0 Å². The molecule has 0 saturated carbocycles. The molecule has 0 radical (unpaired) electrons. The zero-order valence-corrected chi connectivity index (χ0v) is 11.2. The standard InChI is InChI=1S/C13H17NO3S/c1-9-5-14-11(7-18(15)6-9)10-2-3-12-13(4-10)17-8-16-12/h2-4,9,11,14H,5-8H2,1H3. The van der Waals surface area contributed by atoms with Crippen molar-refractivity contribution in [2.75, 3.05) is 24.8 Å². The number of ether oxygens (including phenoxy) is 2. The van der Waals surface area contributed by atoms with E-state index >= 15 is 0 Å². The first-order valence-corrected chi connectivity index (χ1v) is 7.69. The minimum atomic E-state index is -0.751. The smallest absolute Gasteiger partial charge is 0.231 e. The van der Waals surface area contributed by atoms with Crippen LogP contribution in [-0.2, 0) is 10.8 Å². The monoisotopic (exact) mass is 267 g/mol. The predicted molar refractivity (Wildman–Crippen MR) is 70.3 cm³/mol. The molecule has 2 aliphatic rings. The van der Waals surface area contributed by atoms with Crippen LogP contribution < -0.4 is 14.8 Å². The first-order valence-electron chi connectivity index (χ1n) is 6.20. The van der Waals surface area contributed by atoms with Crippen molar-refractivity contribution in [1.29, 1.82) is 0 Å². The van der Waals surface area contributed by atoms with Crippen molar-refractivity contribution in [2.24, 2.45) is 5.92 Å². The van der Waals surface area contributed by atoms with Crippen molar-refractivity contribution in [2.45, 2.75) is 13.0 Å². The molecule has 0 aromatic heterocycles. The van der Waals surface area contributed by atoms with Gasteiger partial charge in [-0.2, -0.15) is 0 Å². The van der Waals surface area contributed by atoms with E-state index in [9.17, 15) is 4.21 Å². The fourth-order valence-corrected chi connectivity index (χ4v) is 3.95. The average Bonchev–Trinajstić information content (AvgIpc) is 2.74. The molecule has 5 heteroatoms. The lowest BCUT2D eigenvalue weighted by Gasteiger charge is -2.16. The molecule has 1 saturated heterocycles. The molecular formula is C13H17NO3S. The summed E-state index contributed by atoms with van der Waals surface area (Å²) in [5.41, 5.74) is 1.13. The van der Waals surface area contributed by atoms with Gasteiger partial charge in [-0.1, -0.05) is 13.0 Å². The third kappa shape index (κ3) is 2.37. The SMILES string of the molecule is CC1CNC(c2ccc3c(c2)OCO3)CS(=O)C1. The molecule has 0 spiro atoms. The molecule has 0 bridgehead atoms. The van der Waals surface area contributed by atoms with Crippen molar-refractivity contribution in [3.05, 3.63) is 23.8 Å². The Morgan fingerprint density at radius 3 is 3.00 bits per heavy atom. The van der Waals surface area contributed by atoms with Crippen LogP contribution in [0.3, 0.4) is 0 Å². The van der Waals surface area contributed by atoms with Crippen LogP contribution in [0.5, 0.6) is 11.5 Å². The Morgan fingerprint density at radius 2 is 2.11 bits per heavy atom. The number of benzene rings is 1. The summed E-state index contributed by atoms with van der Waals surface area (Å²) in [5.74, 6) is 3.50. The Morgan fingerprint density at radius 1 is 1.28 bits per heavy atom. The molecule has 3 unspecified atom stereocenters. The molecule has 1 aromatic carbocycles. The second kappa shape index (κ2) is 4.90. The van der Waals surface area contributed by atoms with Crippen LogP contribution in [0.1, 0.15) is 18.5 Å². The number of hydrogen-bond acceptors (Lipinski definition) is 4. The molecule has 18 heavy (non-hydrogen) atoms. The van der Waals surface area contributed by atoms with E-state index in [-0.39, 0.29) is 6.04 Å². The van der Waals surface area contributed by atoms with Gasteiger partial charge in [-0.15, -0.1) is 0 Å². The van der Waals surface area contributed by atoms with Gasteiger partial charge in [-0.05, 0) is 30.2 Å². The van der Waals surface area contributed by atoms with Gasteiger partial charge in [-0.25, -0.2) is 0 Å². The molecule has 1 fully saturated rings. The molecule has 0 aliphatic carbocycles. The van der Waals surface area contributed by atoms with Crippen LogP contribution in [0.4, 0.5) is 0 Å². The molecule has 0 amide bonds. The Hall–Kier alpha value is -1.07. The van der Waals surface area contributed by atoms with Crippen molar-refractivity contribution in [1.82, 2.24) is 5.32 Å². The Balaban J connectivity index is 1.83. The first-order chi connectivity index (χ1) is 8.72. The highest BCUT2D eigenvalue weighted by molar-refractivity contribution is 7.85. The Labute approximate surface area is 109 Å². The van der Waals surface area contributed by atoms with E-state index in [2.05, 4.69) is 12.2 Å². The summed E-state index contributed by atoms with van der Waals surface area (Å²) < 4.78 is 22.6. The zero-order chi connectivity index (χ0) is 12.5. The lowest BCUT2D eigenvalue weighted by atomic mass is 10.1. The second-order valence-corrected chi connectivity index (χ2v) is 6.50. The Kier molecular flexibility index (Phi) is 3.26. The van der Waals surface area contributed by atoms with E-state index in [1.807, 2.05) is 18.2 Å². The average molecular weight is 267 g/mol. The van der Waals surface area contributed by atoms with Crippen LogP contribution in [0, 0.1) is 5.92 Å². The first kappa shape index (κ1) is 12.0. The van der Waals surface area contributed by atoms with Crippen LogP contribution in [0.2, 0.25) is 0 Å². The molecule has 4 nitrogen and oxygen atoms in total. The van der Waals surface area contributed by atoms with Crippen molar-refractivity contribution in [3.63, 3.8) is 0 Å². The highest BCUT2D eigenvalue weighted by Crippen LogP contribution is 2.34. The summed E-state index contributed by atoms with van der Waals surface area (Å²) in [6.45, 7) is 3.33. The lowest BCUT2D eigenvalue weighted by Crippen LogP contribution is -2.25. The highest BCUT2D eigenvalue weighted by atomic mass is 32.2. The summed E-state index contributed by atoms with van der Waals surface area (Å²) >= 11 is 0. The highest BCUT2D eigenvalue weighted by Gasteiger charge is 2.23. The summed E-state index contributed by atoms with van der Waals surface area (Å²) in [6, 6.07) is 6.09. The van der Waals surface area contributed by atoms with Crippen molar-refractivity contribution >= 4 is 10.8 Å². The normalized spacial score (nSPS) is 31.1. The van der Waals surface area contributed by atoms with E-state index in [0.717, 1.165) is 29.4 Å². The molecule has 1 N–H and O–H groups in total. The third-order valence-corrected chi connectivity index (χ3v) is 4.98. The number of nitrogens with one attached hydrogen (secondary N) is 1. The Bertz CT molecular complexity index is 477. The minimum Gasteiger partial charge on any atom is -0.454 e. The minimum absolute atomic E-state index is 0.144. The lowest BCUT2D eigenvalue weighted by molar-refractivity contribution is 0.174. The molecule has 3 rings (SSSR count). The van der Waals surface area contributed by atoms with Gasteiger partial charge in [-0.3, -0.25) is 4.21 Å². The summed E-state index contributed by atoms with van der Waals surface area (Å²) in [5, 5.41) is 3.48. The van der Waals surface area contributed by atoms with Crippen molar-refractivity contribution < 1.29 is 13.7 Å². The van der Waals surface area contributed by atoms with Crippen molar-refractivity contribution in [3.8, 4) is 11.5 Å². The molecule has 2 aliphatic heterocycles. The zero-order valence-electron chi connectivity index (χ0n) is 10.3. The topological polar surface area (TPSA) is 47.6 Å². The molecule has 3 atom stereocenters. The maximum atomic E-state index is 11.9. The van der Waals surface area contributed by atoms with Gasteiger partial charge in [0.15, 0.2) is 11.5 Å². The van der Waals surface area contributed by atoms with E-state index < -0.39 is 10.8 Å². The van der Waals surface area contributed by atoms with Gasteiger partial charge in [0.1, 0.15) is 0 Å². The fraction of sp³-hybridized carbons (Fsp3) is 0.538. The van der Waals surface area contributed by atoms with Gasteiger partial charge < -0.3 is 14.8 Å². The van der Waals surface area contributed by atoms with Gasteiger partial charge in [0.2, 0.25) is 6.79 Å². The summed E-state index contributed by atoms with van der Waals surface area (Å²) in [4.78, 5) is 0. The number of rotatable bonds is 1. The van der Waals surface area contributed by atoms with Gasteiger partial charge in [0, 0.05) is 28.3 Å². The predicted octanol–water partition coefficient (Wildman–Crippen LogP) is 1.44. The van der Waals surface area contributed by atoms with E-state index in [0.29, 0.717) is 18.5 Å². The quantitative estimate of drug-likeness (QED) is 0.836. The molecule has 98 valence electrons. The molecular weight excluding hydrogens is 250 g/mol. The van der Waals surface area contributed by atoms with Crippen LogP contribution >= 0.6 is 0 Å². The summed E-state index contributed by atoms with van der Waals surface area (Å²) in [7, 11) is -0.751. The third-order valence-electron chi connectivity index (χ3n) is 3.33. The maximum Gasteiger partial charge on any atom is 0.231 e. The molecule has 1 aromatic rings. The van der Waals surface area contributed by atoms with Crippen LogP contribution in [0.15, 0.2) is 18.2 Å². The van der Waals surface area contributed by atoms with Gasteiger partial charge in [0.25, 0.3) is 0 Å². The fourth-order valence-electron chi connectivity index (χ4n) is 2.38. The van der Waals surface area contributed by atoms with Gasteiger partial charge in [0.05, 0.1) is 0 Å². The van der Waals surface area contributed by atoms with E-state index in [4.69, 9.17) is 9.47 Å². The van der Waals surface area contributed by atoms with Crippen LogP contribution in [-0.4, -0.2) is 29.1 Å². The van der Waals surface area contributed by atoms with Crippen LogP contribution in [0.25, 0.3) is 0 Å². The largest absolute Gasteiger partial charge is 0.454 e. The number of hydrogen-bond donors (Lipinski definition) is 1. The molecule has 2 heterocycles. The van der Waals surface area contributed by atoms with E-state index in [1.54, 1.807) is 0 Å². The van der Waals surface area contributed by atoms with E-state index in [1.165, 1.54) is 0 Å². The number of fused-ring (bicyclic) bond motifs is 1. The maximum absolute atomic E-state index is 11.9. The summed E-state index contributed by atoms with van der Waals surface area (Å²) in [6.07, 6.45) is 0. The second-order valence-electron chi connectivity index (χ2n) is 4.95.